The Morgan fingerprint density at radius 2 is 1.73 bits per heavy atom. The van der Waals surface area contributed by atoms with E-state index in [9.17, 15) is 0 Å². The van der Waals surface area contributed by atoms with Crippen molar-refractivity contribution in [1.82, 2.24) is 0 Å². The van der Waals surface area contributed by atoms with Gasteiger partial charge in [-0.2, -0.15) is 0 Å². The average Bonchev–Trinajstić information content (AvgIpc) is 2.26. The standard InChI is InChI=1S/C12H15N3/c1-2-7-3-4-8-6-10(13)12(15)11(14)9(8)5-7/h3-6H,2,13-15H2,1H3. The lowest BCUT2D eigenvalue weighted by molar-refractivity contribution is 1.15. The van der Waals surface area contributed by atoms with E-state index >= 15 is 0 Å². The van der Waals surface area contributed by atoms with E-state index < -0.39 is 0 Å². The number of hydrogen-bond donors (Lipinski definition) is 3. The Labute approximate surface area is 88.9 Å². The number of anilines is 3. The molecule has 2 rings (SSSR count). The highest BCUT2D eigenvalue weighted by Crippen LogP contribution is 2.32. The first kappa shape index (κ1) is 9.65. The molecule has 0 heterocycles. The third-order valence-electron chi connectivity index (χ3n) is 2.73. The first-order valence-electron chi connectivity index (χ1n) is 4.99. The smallest absolute Gasteiger partial charge is 0.0787 e. The number of nitrogens with two attached hydrogens (primary N) is 3. The number of fused-ring (bicyclic) bond motifs is 1. The van der Waals surface area contributed by atoms with Gasteiger partial charge in [0.05, 0.1) is 17.1 Å². The molecule has 0 atom stereocenters. The van der Waals surface area contributed by atoms with Gasteiger partial charge in [0.15, 0.2) is 0 Å². The molecule has 15 heavy (non-hydrogen) atoms. The van der Waals surface area contributed by atoms with Gasteiger partial charge in [-0.25, -0.2) is 0 Å². The third-order valence-corrected chi connectivity index (χ3v) is 2.73. The Morgan fingerprint density at radius 3 is 2.40 bits per heavy atom. The Kier molecular flexibility index (Phi) is 2.15. The first-order chi connectivity index (χ1) is 7.13. The second kappa shape index (κ2) is 3.35. The molecule has 2 aromatic rings. The molecule has 0 aromatic heterocycles. The summed E-state index contributed by atoms with van der Waals surface area (Å²) in [5.41, 5.74) is 20.3. The summed E-state index contributed by atoms with van der Waals surface area (Å²) in [5, 5.41) is 2.03. The molecule has 3 nitrogen and oxygen atoms in total. The minimum absolute atomic E-state index is 0.482. The van der Waals surface area contributed by atoms with E-state index in [1.54, 1.807) is 0 Å². The highest BCUT2D eigenvalue weighted by molar-refractivity contribution is 6.03. The highest BCUT2D eigenvalue weighted by Gasteiger charge is 2.06. The fraction of sp³-hybridized carbons (Fsp3) is 0.167. The van der Waals surface area contributed by atoms with Gasteiger partial charge in [0.25, 0.3) is 0 Å². The maximum Gasteiger partial charge on any atom is 0.0787 e. The molecule has 0 spiro atoms. The number of nitrogen functional groups attached to an aromatic ring is 3. The van der Waals surface area contributed by atoms with Crippen molar-refractivity contribution in [2.45, 2.75) is 13.3 Å². The summed E-state index contributed by atoms with van der Waals surface area (Å²) in [6, 6.07) is 8.04. The Bertz CT molecular complexity index is 518. The minimum atomic E-state index is 0.482. The second-order valence-corrected chi connectivity index (χ2v) is 3.70. The largest absolute Gasteiger partial charge is 0.397 e. The van der Waals surface area contributed by atoms with E-state index in [0.29, 0.717) is 17.1 Å². The molecular weight excluding hydrogens is 186 g/mol. The molecule has 0 unspecified atom stereocenters. The van der Waals surface area contributed by atoms with E-state index in [-0.39, 0.29) is 0 Å². The van der Waals surface area contributed by atoms with Crippen molar-refractivity contribution in [3.05, 3.63) is 29.8 Å². The van der Waals surface area contributed by atoms with Gasteiger partial charge in [-0.15, -0.1) is 0 Å². The van der Waals surface area contributed by atoms with E-state index in [2.05, 4.69) is 19.1 Å². The third kappa shape index (κ3) is 1.46. The summed E-state index contributed by atoms with van der Waals surface area (Å²) in [6.45, 7) is 2.11. The van der Waals surface area contributed by atoms with Gasteiger partial charge in [0.2, 0.25) is 0 Å². The van der Waals surface area contributed by atoms with Crippen LogP contribution in [0.2, 0.25) is 0 Å². The lowest BCUT2D eigenvalue weighted by Crippen LogP contribution is -2.01. The summed E-state index contributed by atoms with van der Waals surface area (Å²) in [5.74, 6) is 0. The van der Waals surface area contributed by atoms with Crippen molar-refractivity contribution in [3.63, 3.8) is 0 Å². The van der Waals surface area contributed by atoms with Gasteiger partial charge in [-0.05, 0) is 29.5 Å². The molecule has 2 aromatic carbocycles. The lowest BCUT2D eigenvalue weighted by Gasteiger charge is -2.09. The second-order valence-electron chi connectivity index (χ2n) is 3.70. The van der Waals surface area contributed by atoms with Gasteiger partial charge in [0.1, 0.15) is 0 Å². The van der Waals surface area contributed by atoms with Crippen LogP contribution in [0.25, 0.3) is 10.8 Å². The predicted octanol–water partition coefficient (Wildman–Crippen LogP) is 2.15. The molecule has 3 heteroatoms. The van der Waals surface area contributed by atoms with Crippen LogP contribution in [-0.4, -0.2) is 0 Å². The zero-order valence-corrected chi connectivity index (χ0v) is 8.75. The summed E-state index contributed by atoms with van der Waals surface area (Å²) in [6.07, 6.45) is 0.986. The zero-order chi connectivity index (χ0) is 11.0. The molecule has 0 aliphatic carbocycles. The van der Waals surface area contributed by atoms with Crippen molar-refractivity contribution >= 4 is 27.8 Å². The molecule has 0 saturated carbocycles. The van der Waals surface area contributed by atoms with Gasteiger partial charge >= 0.3 is 0 Å². The van der Waals surface area contributed by atoms with Crippen molar-refractivity contribution < 1.29 is 0 Å². The van der Waals surface area contributed by atoms with E-state index in [0.717, 1.165) is 17.2 Å². The molecule has 0 aliphatic heterocycles. The molecular formula is C12H15N3. The molecule has 0 radical (unpaired) electrons. The predicted molar refractivity (Wildman–Crippen MR) is 66.6 cm³/mol. The van der Waals surface area contributed by atoms with Crippen LogP contribution < -0.4 is 17.2 Å². The Hall–Kier alpha value is -1.90. The molecule has 0 saturated heterocycles. The van der Waals surface area contributed by atoms with Gasteiger partial charge < -0.3 is 17.2 Å². The normalized spacial score (nSPS) is 10.7. The lowest BCUT2D eigenvalue weighted by atomic mass is 10.0. The molecule has 0 bridgehead atoms. The molecule has 6 N–H and O–H groups in total. The van der Waals surface area contributed by atoms with Gasteiger partial charge in [-0.3, -0.25) is 0 Å². The summed E-state index contributed by atoms with van der Waals surface area (Å²) in [7, 11) is 0. The van der Waals surface area contributed by atoms with Crippen LogP contribution in [0.15, 0.2) is 24.3 Å². The topological polar surface area (TPSA) is 78.1 Å². The van der Waals surface area contributed by atoms with E-state index in [4.69, 9.17) is 17.2 Å². The fourth-order valence-electron chi connectivity index (χ4n) is 1.73. The van der Waals surface area contributed by atoms with Crippen molar-refractivity contribution in [2.75, 3.05) is 17.2 Å². The molecule has 0 amide bonds. The van der Waals surface area contributed by atoms with Crippen LogP contribution >= 0.6 is 0 Å². The van der Waals surface area contributed by atoms with Crippen LogP contribution in [0, 0.1) is 0 Å². The Morgan fingerprint density at radius 1 is 1.00 bits per heavy atom. The fourth-order valence-corrected chi connectivity index (χ4v) is 1.73. The van der Waals surface area contributed by atoms with E-state index in [1.807, 2.05) is 12.1 Å². The van der Waals surface area contributed by atoms with Crippen LogP contribution in [0.5, 0.6) is 0 Å². The number of benzene rings is 2. The van der Waals surface area contributed by atoms with Crippen LogP contribution in [0.3, 0.4) is 0 Å². The van der Waals surface area contributed by atoms with E-state index in [1.165, 1.54) is 5.56 Å². The van der Waals surface area contributed by atoms with Crippen molar-refractivity contribution in [1.29, 1.82) is 0 Å². The SMILES string of the molecule is CCc1ccc2cc(N)c(N)c(N)c2c1. The van der Waals surface area contributed by atoms with Crippen LogP contribution in [0.1, 0.15) is 12.5 Å². The molecule has 78 valence electrons. The van der Waals surface area contributed by atoms with Crippen LogP contribution in [-0.2, 0) is 6.42 Å². The summed E-state index contributed by atoms with van der Waals surface area (Å²) in [4.78, 5) is 0. The molecule has 0 fully saturated rings. The molecule has 0 aliphatic rings. The zero-order valence-electron chi connectivity index (χ0n) is 8.75. The summed E-state index contributed by atoms with van der Waals surface area (Å²) < 4.78 is 0. The summed E-state index contributed by atoms with van der Waals surface area (Å²) >= 11 is 0. The maximum absolute atomic E-state index is 5.94. The number of aryl methyl sites for hydroxylation is 1. The minimum Gasteiger partial charge on any atom is -0.397 e. The average molecular weight is 201 g/mol. The Balaban J connectivity index is 2.81. The quantitative estimate of drug-likeness (QED) is 0.618. The van der Waals surface area contributed by atoms with Gasteiger partial charge in [-0.1, -0.05) is 19.1 Å². The monoisotopic (exact) mass is 201 g/mol. The number of rotatable bonds is 1. The maximum atomic E-state index is 5.94. The first-order valence-corrected chi connectivity index (χ1v) is 4.99. The highest BCUT2D eigenvalue weighted by atomic mass is 14.7. The van der Waals surface area contributed by atoms with Crippen molar-refractivity contribution in [2.24, 2.45) is 0 Å². The van der Waals surface area contributed by atoms with Crippen molar-refractivity contribution in [3.8, 4) is 0 Å². The number of hydrogen-bond acceptors (Lipinski definition) is 3. The van der Waals surface area contributed by atoms with Crippen LogP contribution in [0.4, 0.5) is 17.1 Å². The van der Waals surface area contributed by atoms with Gasteiger partial charge in [0, 0.05) is 5.39 Å².